The van der Waals surface area contributed by atoms with Gasteiger partial charge in [-0.1, -0.05) is 25.1 Å². The summed E-state index contributed by atoms with van der Waals surface area (Å²) in [7, 11) is 0. The molecule has 0 aliphatic rings. The van der Waals surface area contributed by atoms with Gasteiger partial charge in [-0.15, -0.1) is 11.8 Å². The van der Waals surface area contributed by atoms with Gasteiger partial charge >= 0.3 is 0 Å². The Labute approximate surface area is 186 Å². The lowest BCUT2D eigenvalue weighted by atomic mass is 10.1. The lowest BCUT2D eigenvalue weighted by molar-refractivity contribution is 0.813. The molecular weight excluding hydrogens is 404 g/mol. The fourth-order valence-corrected chi connectivity index (χ4v) is 4.19. The summed E-state index contributed by atoms with van der Waals surface area (Å²) in [6, 6.07) is 19.8. The van der Waals surface area contributed by atoms with Crippen molar-refractivity contribution in [3.05, 3.63) is 77.6 Å². The Bertz CT molecular complexity index is 1260. The second-order valence-corrected chi connectivity index (χ2v) is 8.23. The van der Waals surface area contributed by atoms with Crippen molar-refractivity contribution in [2.24, 2.45) is 0 Å². The molecule has 0 radical (unpaired) electrons. The first-order valence-electron chi connectivity index (χ1n) is 9.99. The van der Waals surface area contributed by atoms with Crippen molar-refractivity contribution in [2.75, 3.05) is 11.1 Å². The fourth-order valence-electron chi connectivity index (χ4n) is 3.38. The first kappa shape index (κ1) is 20.6. The van der Waals surface area contributed by atoms with Gasteiger partial charge in [0, 0.05) is 11.9 Å². The first-order chi connectivity index (χ1) is 15.1. The van der Waals surface area contributed by atoms with E-state index in [1.54, 1.807) is 24.0 Å². The zero-order chi connectivity index (χ0) is 21.8. The predicted molar refractivity (Wildman–Crippen MR) is 125 cm³/mol. The standard InChI is InChI=1S/C24H22N6S/c1-4-31-23-22(17(3)30(29-23)20-8-6-5-7-9-20)21-12-13-26-24(28-21)27-19-11-10-18(15-25)16(2)14-19/h5-14H,4H2,1-3H3,(H,26,27,28). The van der Waals surface area contributed by atoms with Crippen LogP contribution >= 0.6 is 11.8 Å². The molecule has 2 aromatic carbocycles. The lowest BCUT2D eigenvalue weighted by Gasteiger charge is -2.09. The molecule has 4 rings (SSSR count). The predicted octanol–water partition coefficient (Wildman–Crippen LogP) is 5.67. The molecule has 0 aliphatic carbocycles. The highest BCUT2D eigenvalue weighted by atomic mass is 32.2. The average Bonchev–Trinajstić information content (AvgIpc) is 3.11. The molecular formula is C24H22N6S. The summed E-state index contributed by atoms with van der Waals surface area (Å²) in [4.78, 5) is 9.15. The number of benzene rings is 2. The minimum Gasteiger partial charge on any atom is -0.324 e. The highest BCUT2D eigenvalue weighted by molar-refractivity contribution is 7.99. The number of rotatable bonds is 6. The van der Waals surface area contributed by atoms with Crippen molar-refractivity contribution in [1.82, 2.24) is 19.7 Å². The Morgan fingerprint density at radius 3 is 2.61 bits per heavy atom. The fraction of sp³-hybridized carbons (Fsp3) is 0.167. The van der Waals surface area contributed by atoms with Gasteiger partial charge in [0.2, 0.25) is 5.95 Å². The number of hydrogen-bond donors (Lipinski definition) is 1. The van der Waals surface area contributed by atoms with Crippen molar-refractivity contribution in [2.45, 2.75) is 25.8 Å². The van der Waals surface area contributed by atoms with Crippen LogP contribution in [0.4, 0.5) is 11.6 Å². The van der Waals surface area contributed by atoms with E-state index in [1.807, 2.05) is 60.1 Å². The van der Waals surface area contributed by atoms with Crippen LogP contribution in [0.25, 0.3) is 16.9 Å². The van der Waals surface area contributed by atoms with Crippen LogP contribution in [0, 0.1) is 25.2 Å². The van der Waals surface area contributed by atoms with Gasteiger partial charge in [-0.3, -0.25) is 0 Å². The number of nitrogens with zero attached hydrogens (tertiary/aromatic N) is 5. The number of nitriles is 1. The van der Waals surface area contributed by atoms with Gasteiger partial charge in [0.05, 0.1) is 34.3 Å². The maximum Gasteiger partial charge on any atom is 0.227 e. The molecule has 0 bridgehead atoms. The molecule has 6 nitrogen and oxygen atoms in total. The maximum absolute atomic E-state index is 9.14. The van der Waals surface area contributed by atoms with E-state index in [-0.39, 0.29) is 0 Å². The Morgan fingerprint density at radius 2 is 1.90 bits per heavy atom. The largest absolute Gasteiger partial charge is 0.324 e. The van der Waals surface area contributed by atoms with Crippen molar-refractivity contribution in [1.29, 1.82) is 5.26 Å². The van der Waals surface area contributed by atoms with Gasteiger partial charge in [0.25, 0.3) is 0 Å². The molecule has 7 heteroatoms. The normalized spacial score (nSPS) is 10.6. The molecule has 0 atom stereocenters. The lowest BCUT2D eigenvalue weighted by Crippen LogP contribution is -2.00. The van der Waals surface area contributed by atoms with Crippen molar-refractivity contribution < 1.29 is 0 Å². The highest BCUT2D eigenvalue weighted by Crippen LogP contribution is 2.34. The quantitative estimate of drug-likeness (QED) is 0.400. The molecule has 0 saturated heterocycles. The minimum absolute atomic E-state index is 0.501. The van der Waals surface area contributed by atoms with Gasteiger partial charge in [-0.2, -0.15) is 10.4 Å². The van der Waals surface area contributed by atoms with Crippen LogP contribution in [0.5, 0.6) is 0 Å². The first-order valence-corrected chi connectivity index (χ1v) is 11.0. The third-order valence-corrected chi connectivity index (χ3v) is 5.73. The molecule has 0 fully saturated rings. The Hall–Kier alpha value is -3.63. The molecule has 0 unspecified atom stereocenters. The SMILES string of the molecule is CCSc1nn(-c2ccccc2)c(C)c1-c1ccnc(Nc2ccc(C#N)c(C)c2)n1. The summed E-state index contributed by atoms with van der Waals surface area (Å²) < 4.78 is 1.96. The summed E-state index contributed by atoms with van der Waals surface area (Å²) >= 11 is 1.70. The second kappa shape index (κ2) is 9.02. The maximum atomic E-state index is 9.14. The Morgan fingerprint density at radius 1 is 1.10 bits per heavy atom. The van der Waals surface area contributed by atoms with Crippen molar-refractivity contribution in [3.8, 4) is 23.0 Å². The van der Waals surface area contributed by atoms with E-state index < -0.39 is 0 Å². The monoisotopic (exact) mass is 426 g/mol. The van der Waals surface area contributed by atoms with Crippen LogP contribution in [0.3, 0.4) is 0 Å². The van der Waals surface area contributed by atoms with E-state index in [0.717, 1.165) is 44.7 Å². The van der Waals surface area contributed by atoms with Crippen molar-refractivity contribution in [3.63, 3.8) is 0 Å². The smallest absolute Gasteiger partial charge is 0.227 e. The molecule has 0 saturated carbocycles. The number of thioether (sulfide) groups is 1. The zero-order valence-corrected chi connectivity index (χ0v) is 18.4. The van der Waals surface area contributed by atoms with Crippen LogP contribution in [0.2, 0.25) is 0 Å². The minimum atomic E-state index is 0.501. The van der Waals surface area contributed by atoms with Crippen LogP contribution < -0.4 is 5.32 Å². The van der Waals surface area contributed by atoms with Gasteiger partial charge in [0.15, 0.2) is 0 Å². The van der Waals surface area contributed by atoms with Crippen LogP contribution in [-0.4, -0.2) is 25.5 Å². The average molecular weight is 427 g/mol. The van der Waals surface area contributed by atoms with Crippen LogP contribution in [0.15, 0.2) is 65.8 Å². The number of anilines is 2. The van der Waals surface area contributed by atoms with E-state index in [9.17, 15) is 0 Å². The van der Waals surface area contributed by atoms with Crippen molar-refractivity contribution >= 4 is 23.4 Å². The number of nitrogens with one attached hydrogen (secondary N) is 1. The summed E-state index contributed by atoms with van der Waals surface area (Å²) in [5.74, 6) is 1.42. The highest BCUT2D eigenvalue weighted by Gasteiger charge is 2.19. The molecule has 0 spiro atoms. The van der Waals surface area contributed by atoms with E-state index in [1.165, 1.54) is 0 Å². The van der Waals surface area contributed by atoms with E-state index >= 15 is 0 Å². The van der Waals surface area contributed by atoms with Crippen LogP contribution in [0.1, 0.15) is 23.7 Å². The van der Waals surface area contributed by atoms with Gasteiger partial charge in [-0.05, 0) is 61.6 Å². The molecule has 154 valence electrons. The van der Waals surface area contributed by atoms with Gasteiger partial charge in [-0.25, -0.2) is 14.6 Å². The summed E-state index contributed by atoms with van der Waals surface area (Å²) in [6.45, 7) is 6.09. The summed E-state index contributed by atoms with van der Waals surface area (Å²) in [5, 5.41) is 18.2. The summed E-state index contributed by atoms with van der Waals surface area (Å²) in [6.07, 6.45) is 1.75. The second-order valence-electron chi connectivity index (χ2n) is 6.98. The van der Waals surface area contributed by atoms with Gasteiger partial charge < -0.3 is 5.32 Å². The molecule has 0 amide bonds. The van der Waals surface area contributed by atoms with E-state index in [0.29, 0.717) is 11.5 Å². The summed E-state index contributed by atoms with van der Waals surface area (Å²) in [5.41, 5.74) is 6.28. The molecule has 4 aromatic rings. The van der Waals surface area contributed by atoms with Crippen LogP contribution in [-0.2, 0) is 0 Å². The number of hydrogen-bond acceptors (Lipinski definition) is 6. The van der Waals surface area contributed by atoms with E-state index in [4.69, 9.17) is 15.3 Å². The molecule has 2 aromatic heterocycles. The number of para-hydroxylation sites is 1. The molecule has 0 aliphatic heterocycles. The Balaban J connectivity index is 1.73. The third-order valence-electron chi connectivity index (χ3n) is 4.88. The molecule has 2 heterocycles. The zero-order valence-electron chi connectivity index (χ0n) is 17.6. The van der Waals surface area contributed by atoms with Gasteiger partial charge in [0.1, 0.15) is 5.03 Å². The molecule has 1 N–H and O–H groups in total. The topological polar surface area (TPSA) is 79.4 Å². The third kappa shape index (κ3) is 4.30. The van der Waals surface area contributed by atoms with E-state index in [2.05, 4.69) is 30.2 Å². The Kier molecular flexibility index (Phi) is 6.01. The molecule has 31 heavy (non-hydrogen) atoms. The number of aromatic nitrogens is 4. The number of aryl methyl sites for hydroxylation is 1.